The molecule has 2 aromatic carbocycles. The molecule has 0 aliphatic heterocycles. The van der Waals surface area contributed by atoms with Crippen LogP contribution in [0.4, 0.5) is 11.4 Å². The molecule has 0 spiro atoms. The molecule has 0 fully saturated rings. The van der Waals surface area contributed by atoms with Crippen LogP contribution in [0, 0.1) is 0 Å². The lowest BCUT2D eigenvalue weighted by Crippen LogP contribution is -2.25. The van der Waals surface area contributed by atoms with Gasteiger partial charge in [-0.15, -0.1) is 0 Å². The Hall–Kier alpha value is -4.28. The first-order valence-corrected chi connectivity index (χ1v) is 9.40. The maximum absolute atomic E-state index is 12.7. The molecule has 0 bridgehead atoms. The van der Waals surface area contributed by atoms with Gasteiger partial charge in [0.2, 0.25) is 11.8 Å². The number of amides is 2. The van der Waals surface area contributed by atoms with E-state index < -0.39 is 11.7 Å². The van der Waals surface area contributed by atoms with Crippen LogP contribution in [0.1, 0.15) is 6.92 Å². The number of nitrogens with zero attached hydrogens (tertiary/aromatic N) is 2. The fourth-order valence-corrected chi connectivity index (χ4v) is 3.01. The molecule has 3 aromatic rings. The van der Waals surface area contributed by atoms with Crippen molar-refractivity contribution in [1.82, 2.24) is 9.72 Å². The average Bonchev–Trinajstić information content (AvgIpc) is 3.13. The van der Waals surface area contributed by atoms with Crippen LogP contribution in [-0.2, 0) is 16.1 Å². The summed E-state index contributed by atoms with van der Waals surface area (Å²) in [6.07, 6.45) is 0. The van der Waals surface area contributed by atoms with Gasteiger partial charge in [-0.3, -0.25) is 14.1 Å². The van der Waals surface area contributed by atoms with E-state index in [4.69, 9.17) is 18.7 Å². The van der Waals surface area contributed by atoms with Gasteiger partial charge in [0.1, 0.15) is 12.3 Å². The Morgan fingerprint density at radius 3 is 2.31 bits per heavy atom. The fourth-order valence-electron chi connectivity index (χ4n) is 3.01. The van der Waals surface area contributed by atoms with Gasteiger partial charge in [0.05, 0.1) is 27.0 Å². The predicted molar refractivity (Wildman–Crippen MR) is 115 cm³/mol. The summed E-state index contributed by atoms with van der Waals surface area (Å²) in [4.78, 5) is 36.2. The number of benzene rings is 2. The molecule has 32 heavy (non-hydrogen) atoms. The summed E-state index contributed by atoms with van der Waals surface area (Å²) < 4.78 is 21.6. The SMILES string of the molecule is COc1ccc(NC(C)=O)cc1NC(=O)Cn1c(-c2ccc(OC)c(OC)c2)noc1=O. The summed E-state index contributed by atoms with van der Waals surface area (Å²) in [7, 11) is 4.43. The number of carbonyl (C=O) groups excluding carboxylic acids is 2. The molecule has 1 aromatic heterocycles. The van der Waals surface area contributed by atoms with Gasteiger partial charge in [-0.2, -0.15) is 0 Å². The average molecular weight is 442 g/mol. The molecule has 0 atom stereocenters. The van der Waals surface area contributed by atoms with Crippen LogP contribution in [-0.4, -0.2) is 42.9 Å². The molecule has 2 amide bonds. The second kappa shape index (κ2) is 9.69. The quantitative estimate of drug-likeness (QED) is 0.542. The predicted octanol–water partition coefficient (Wildman–Crippen LogP) is 2.13. The second-order valence-corrected chi connectivity index (χ2v) is 6.57. The number of anilines is 2. The highest BCUT2D eigenvalue weighted by atomic mass is 16.5. The molecule has 3 rings (SSSR count). The number of aromatic nitrogens is 2. The molecule has 0 radical (unpaired) electrons. The van der Waals surface area contributed by atoms with E-state index in [1.807, 2.05) is 0 Å². The summed E-state index contributed by atoms with van der Waals surface area (Å²) in [6.45, 7) is 0.996. The van der Waals surface area contributed by atoms with Crippen molar-refractivity contribution in [1.29, 1.82) is 0 Å². The smallest absolute Gasteiger partial charge is 0.442 e. The number of nitrogens with one attached hydrogen (secondary N) is 2. The summed E-state index contributed by atoms with van der Waals surface area (Å²) in [6, 6.07) is 9.70. The van der Waals surface area contributed by atoms with Crippen molar-refractivity contribution >= 4 is 23.2 Å². The van der Waals surface area contributed by atoms with Crippen molar-refractivity contribution in [2.45, 2.75) is 13.5 Å². The zero-order valence-corrected chi connectivity index (χ0v) is 17.9. The minimum atomic E-state index is -0.802. The van der Waals surface area contributed by atoms with Gasteiger partial charge >= 0.3 is 5.76 Å². The molecule has 0 unspecified atom stereocenters. The van der Waals surface area contributed by atoms with E-state index >= 15 is 0 Å². The number of hydrogen-bond acceptors (Lipinski definition) is 8. The Labute approximate surface area is 182 Å². The molecule has 0 aliphatic rings. The van der Waals surface area contributed by atoms with Crippen molar-refractivity contribution in [3.63, 3.8) is 0 Å². The number of hydrogen-bond donors (Lipinski definition) is 2. The Balaban J connectivity index is 1.87. The van der Waals surface area contributed by atoms with Crippen LogP contribution < -0.4 is 30.6 Å². The van der Waals surface area contributed by atoms with E-state index in [0.29, 0.717) is 34.2 Å². The molecule has 168 valence electrons. The monoisotopic (exact) mass is 442 g/mol. The lowest BCUT2D eigenvalue weighted by molar-refractivity contribution is -0.117. The first kappa shape index (κ1) is 22.4. The molecule has 0 saturated heterocycles. The van der Waals surface area contributed by atoms with Crippen LogP contribution in [0.5, 0.6) is 17.2 Å². The Morgan fingerprint density at radius 2 is 1.66 bits per heavy atom. The molecule has 11 nitrogen and oxygen atoms in total. The van der Waals surface area contributed by atoms with Gasteiger partial charge in [0.15, 0.2) is 17.3 Å². The first-order valence-electron chi connectivity index (χ1n) is 9.40. The van der Waals surface area contributed by atoms with E-state index in [0.717, 1.165) is 4.57 Å². The Morgan fingerprint density at radius 1 is 0.969 bits per heavy atom. The maximum atomic E-state index is 12.7. The van der Waals surface area contributed by atoms with Gasteiger partial charge < -0.3 is 24.8 Å². The largest absolute Gasteiger partial charge is 0.495 e. The summed E-state index contributed by atoms with van der Waals surface area (Å²) in [5.41, 5.74) is 1.29. The minimum absolute atomic E-state index is 0.144. The normalized spacial score (nSPS) is 10.4. The van der Waals surface area contributed by atoms with E-state index in [1.165, 1.54) is 28.3 Å². The highest BCUT2D eigenvalue weighted by Gasteiger charge is 2.19. The van der Waals surface area contributed by atoms with Gasteiger partial charge in [0.25, 0.3) is 0 Å². The third kappa shape index (κ3) is 4.89. The van der Waals surface area contributed by atoms with E-state index in [1.54, 1.807) is 36.4 Å². The second-order valence-electron chi connectivity index (χ2n) is 6.57. The van der Waals surface area contributed by atoms with E-state index in [9.17, 15) is 14.4 Å². The number of rotatable bonds is 8. The zero-order chi connectivity index (χ0) is 23.3. The van der Waals surface area contributed by atoms with Gasteiger partial charge in [-0.05, 0) is 36.4 Å². The highest BCUT2D eigenvalue weighted by molar-refractivity contribution is 5.95. The number of ether oxygens (including phenoxy) is 3. The van der Waals surface area contributed by atoms with Crippen molar-refractivity contribution in [2.24, 2.45) is 0 Å². The molecule has 0 aliphatic carbocycles. The lowest BCUT2D eigenvalue weighted by Gasteiger charge is -2.13. The van der Waals surface area contributed by atoms with Crippen LogP contribution in [0.25, 0.3) is 11.4 Å². The summed E-state index contributed by atoms with van der Waals surface area (Å²) in [5.74, 6) is -0.147. The highest BCUT2D eigenvalue weighted by Crippen LogP contribution is 2.31. The van der Waals surface area contributed by atoms with Crippen molar-refractivity contribution in [3.05, 3.63) is 46.9 Å². The third-order valence-corrected chi connectivity index (χ3v) is 4.42. The Bertz CT molecular complexity index is 1200. The Kier molecular flexibility index (Phi) is 6.78. The minimum Gasteiger partial charge on any atom is -0.495 e. The van der Waals surface area contributed by atoms with E-state index in [2.05, 4.69) is 15.8 Å². The third-order valence-electron chi connectivity index (χ3n) is 4.42. The van der Waals surface area contributed by atoms with Gasteiger partial charge in [-0.25, -0.2) is 9.36 Å². The van der Waals surface area contributed by atoms with Gasteiger partial charge in [0, 0.05) is 18.2 Å². The van der Waals surface area contributed by atoms with Crippen molar-refractivity contribution < 1.29 is 28.3 Å². The topological polar surface area (TPSA) is 134 Å². The number of carbonyl (C=O) groups is 2. The standard InChI is InChI=1S/C21H22N4O7/c1-12(26)22-14-6-8-16(29-2)15(10-14)23-19(27)11-25-20(24-32-21(25)28)13-5-7-17(30-3)18(9-13)31-4/h5-10H,11H2,1-4H3,(H,22,26)(H,23,27). The molecule has 0 saturated carbocycles. The van der Waals surface area contributed by atoms with Crippen molar-refractivity contribution in [2.75, 3.05) is 32.0 Å². The molecule has 1 heterocycles. The number of methoxy groups -OCH3 is 3. The van der Waals surface area contributed by atoms with Gasteiger partial charge in [-0.1, -0.05) is 5.16 Å². The first-order chi connectivity index (χ1) is 15.4. The molecule has 11 heteroatoms. The molecular weight excluding hydrogens is 420 g/mol. The lowest BCUT2D eigenvalue weighted by atomic mass is 10.2. The summed E-state index contributed by atoms with van der Waals surface area (Å²) >= 11 is 0. The van der Waals surface area contributed by atoms with Crippen molar-refractivity contribution in [3.8, 4) is 28.6 Å². The molecular formula is C21H22N4O7. The van der Waals surface area contributed by atoms with Crippen LogP contribution in [0.2, 0.25) is 0 Å². The summed E-state index contributed by atoms with van der Waals surface area (Å²) in [5, 5.41) is 9.08. The molecule has 2 N–H and O–H groups in total. The maximum Gasteiger partial charge on any atom is 0.442 e. The van der Waals surface area contributed by atoms with Crippen LogP contribution in [0.15, 0.2) is 45.7 Å². The zero-order valence-electron chi connectivity index (χ0n) is 17.9. The van der Waals surface area contributed by atoms with Crippen LogP contribution in [0.3, 0.4) is 0 Å². The van der Waals surface area contributed by atoms with E-state index in [-0.39, 0.29) is 18.3 Å². The van der Waals surface area contributed by atoms with Crippen LogP contribution >= 0.6 is 0 Å². The fraction of sp³-hybridized carbons (Fsp3) is 0.238.